The number of anilines is 2. The highest BCUT2D eigenvalue weighted by molar-refractivity contribution is 6.30. The van der Waals surface area contributed by atoms with Crippen molar-refractivity contribution in [1.82, 2.24) is 4.90 Å². The van der Waals surface area contributed by atoms with Crippen molar-refractivity contribution in [3.63, 3.8) is 0 Å². The zero-order valence-electron chi connectivity index (χ0n) is 20.2. The third kappa shape index (κ3) is 6.73. The largest absolute Gasteiger partial charge is 0.423 e. The Morgan fingerprint density at radius 2 is 1.79 bits per heavy atom. The summed E-state index contributed by atoms with van der Waals surface area (Å²) >= 11 is 5.90. The van der Waals surface area contributed by atoms with Crippen LogP contribution in [0.15, 0.2) is 42.5 Å². The van der Waals surface area contributed by atoms with E-state index in [-0.39, 0.29) is 42.8 Å². The van der Waals surface area contributed by atoms with E-state index in [0.29, 0.717) is 43.8 Å². The lowest BCUT2D eigenvalue weighted by atomic mass is 9.92. The van der Waals surface area contributed by atoms with Gasteiger partial charge in [-0.3, -0.25) is 19.7 Å². The molecule has 1 heterocycles. The molecule has 2 aromatic carbocycles. The number of amides is 2. The maximum absolute atomic E-state index is 13.2. The van der Waals surface area contributed by atoms with E-state index in [4.69, 9.17) is 16.3 Å². The van der Waals surface area contributed by atoms with Gasteiger partial charge in [-0.2, -0.15) is 13.2 Å². The van der Waals surface area contributed by atoms with E-state index in [1.165, 1.54) is 11.0 Å². The van der Waals surface area contributed by atoms with Crippen LogP contribution in [0.2, 0.25) is 5.02 Å². The monoisotopic (exact) mass is 554 g/mol. The molecule has 13 heteroatoms. The highest BCUT2D eigenvalue weighted by Crippen LogP contribution is 2.38. The van der Waals surface area contributed by atoms with Gasteiger partial charge in [0, 0.05) is 41.6 Å². The number of ether oxygens (including phenoxy) is 1. The molecule has 0 bridgehead atoms. The average Bonchev–Trinajstić information content (AvgIpc) is 2.88. The summed E-state index contributed by atoms with van der Waals surface area (Å²) in [6.45, 7) is 0.537. The van der Waals surface area contributed by atoms with Gasteiger partial charge in [-0.1, -0.05) is 11.6 Å². The highest BCUT2D eigenvalue weighted by Gasteiger charge is 2.38. The molecule has 204 valence electrons. The molecule has 0 aromatic heterocycles. The summed E-state index contributed by atoms with van der Waals surface area (Å²) in [6.07, 6.45) is -2.66. The fourth-order valence-electron chi connectivity index (χ4n) is 4.68. The minimum Gasteiger partial charge on any atom is -0.382 e. The predicted molar refractivity (Wildman–Crippen MR) is 134 cm³/mol. The molecule has 9 nitrogen and oxygen atoms in total. The molecule has 4 rings (SSSR count). The van der Waals surface area contributed by atoms with Crippen molar-refractivity contribution < 1.29 is 32.4 Å². The Kier molecular flexibility index (Phi) is 8.41. The van der Waals surface area contributed by atoms with Crippen molar-refractivity contribution in [2.45, 2.75) is 44.0 Å². The maximum Gasteiger partial charge on any atom is 0.423 e. The van der Waals surface area contributed by atoms with E-state index in [9.17, 15) is 32.9 Å². The Hall–Kier alpha value is -3.38. The number of nitrogens with zero attached hydrogens (tertiary/aromatic N) is 3. The van der Waals surface area contributed by atoms with Gasteiger partial charge in [-0.05, 0) is 62.1 Å². The van der Waals surface area contributed by atoms with Crippen molar-refractivity contribution in [1.29, 1.82) is 0 Å². The number of hydrogen-bond donors (Lipinski definition) is 1. The number of carbonyl (C=O) groups is 2. The van der Waals surface area contributed by atoms with E-state index >= 15 is 0 Å². The molecule has 1 N–H and O–H groups in total. The van der Waals surface area contributed by atoms with E-state index in [1.54, 1.807) is 29.2 Å². The van der Waals surface area contributed by atoms with Gasteiger partial charge in [0.1, 0.15) is 18.7 Å². The molecule has 0 radical (unpaired) electrons. The molecule has 2 amide bonds. The van der Waals surface area contributed by atoms with Crippen LogP contribution in [0.3, 0.4) is 0 Å². The Labute approximate surface area is 221 Å². The summed E-state index contributed by atoms with van der Waals surface area (Å²) in [7, 11) is 0. The molecule has 1 aliphatic heterocycles. The second-order valence-electron chi connectivity index (χ2n) is 9.25. The first kappa shape index (κ1) is 27.6. The van der Waals surface area contributed by atoms with Crippen molar-refractivity contribution in [3.05, 3.63) is 63.2 Å². The van der Waals surface area contributed by atoms with Crippen molar-refractivity contribution >= 4 is 40.5 Å². The smallest absolute Gasteiger partial charge is 0.382 e. The average molecular weight is 555 g/mol. The Bertz CT molecular complexity index is 1190. The molecular formula is C25H26ClF3N4O5. The van der Waals surface area contributed by atoms with Gasteiger partial charge in [-0.15, -0.1) is 0 Å². The maximum atomic E-state index is 13.2. The van der Waals surface area contributed by atoms with Crippen LogP contribution in [0.4, 0.5) is 30.2 Å². The third-order valence-corrected chi connectivity index (χ3v) is 6.95. The van der Waals surface area contributed by atoms with Crippen LogP contribution < -0.4 is 10.2 Å². The Balaban J connectivity index is 1.22. The quantitative estimate of drug-likeness (QED) is 0.386. The Morgan fingerprint density at radius 1 is 1.11 bits per heavy atom. The molecule has 0 unspecified atom stereocenters. The summed E-state index contributed by atoms with van der Waals surface area (Å²) in [5.74, 6) is -0.474. The number of benzene rings is 2. The zero-order valence-corrected chi connectivity index (χ0v) is 21.0. The number of halogens is 4. The lowest BCUT2D eigenvalue weighted by molar-refractivity contribution is -0.388. The number of carbonyl (C=O) groups excluding carboxylic acids is 2. The van der Waals surface area contributed by atoms with E-state index in [1.807, 2.05) is 0 Å². The number of nitro groups is 1. The van der Waals surface area contributed by atoms with Gasteiger partial charge in [0.05, 0.1) is 11.0 Å². The van der Waals surface area contributed by atoms with E-state index in [2.05, 4.69) is 5.32 Å². The molecule has 1 saturated heterocycles. The summed E-state index contributed by atoms with van der Waals surface area (Å²) in [5.41, 5.74) is -1.41. The topological polar surface area (TPSA) is 105 Å². The van der Waals surface area contributed by atoms with E-state index in [0.717, 1.165) is 17.8 Å². The highest BCUT2D eigenvalue weighted by atomic mass is 35.5. The summed E-state index contributed by atoms with van der Waals surface area (Å²) in [6, 6.07) is 9.65. The zero-order chi connectivity index (χ0) is 27.4. The first-order valence-corrected chi connectivity index (χ1v) is 12.5. The second kappa shape index (κ2) is 11.6. The molecular weight excluding hydrogens is 529 g/mol. The lowest BCUT2D eigenvalue weighted by Gasteiger charge is -2.35. The van der Waals surface area contributed by atoms with Crippen LogP contribution in [0.25, 0.3) is 0 Å². The number of nitrogens with one attached hydrogen (secondary N) is 1. The van der Waals surface area contributed by atoms with Gasteiger partial charge in [0.15, 0.2) is 0 Å². The third-order valence-electron chi connectivity index (χ3n) is 6.70. The minimum absolute atomic E-state index is 0.0450. The number of alkyl halides is 3. The van der Waals surface area contributed by atoms with Gasteiger partial charge in [0.2, 0.25) is 11.8 Å². The van der Waals surface area contributed by atoms with Gasteiger partial charge >= 0.3 is 6.18 Å². The molecule has 0 spiro atoms. The van der Waals surface area contributed by atoms with Crippen LogP contribution in [0.5, 0.6) is 0 Å². The van der Waals surface area contributed by atoms with Gasteiger partial charge in [0.25, 0.3) is 5.69 Å². The molecule has 2 aliphatic rings. The second-order valence-corrected chi connectivity index (χ2v) is 9.69. The molecule has 1 aliphatic carbocycles. The van der Waals surface area contributed by atoms with Crippen molar-refractivity contribution in [2.75, 3.05) is 36.5 Å². The molecule has 38 heavy (non-hydrogen) atoms. The summed E-state index contributed by atoms with van der Waals surface area (Å²) in [5, 5.41) is 14.5. The molecule has 1 saturated carbocycles. The standard InChI is InChI=1S/C25H26ClF3N4O5/c26-16-1-6-19(7-2-16)32-12-11-31(14-23(32)34)24(35)15-38-20-8-3-17(4-9-20)30-18-5-10-22(33(36)37)21(13-18)25(27,28)29/h1-2,5-7,10,13,17,20,30H,3-4,8-9,11-12,14-15H2. The van der Waals surface area contributed by atoms with Crippen LogP contribution in [0, 0.1) is 10.1 Å². The van der Waals surface area contributed by atoms with Crippen LogP contribution >= 0.6 is 11.6 Å². The fraction of sp³-hybridized carbons (Fsp3) is 0.440. The molecule has 2 aromatic rings. The van der Waals surface area contributed by atoms with Crippen LogP contribution in [-0.2, 0) is 20.5 Å². The van der Waals surface area contributed by atoms with Crippen molar-refractivity contribution in [3.8, 4) is 0 Å². The SMILES string of the molecule is O=C(COC1CCC(Nc2ccc([N+](=O)[O-])c(C(F)(F)F)c2)CC1)N1CCN(c2ccc(Cl)cc2)C(=O)C1. The number of rotatable bonds is 7. The molecule has 0 atom stereocenters. The van der Waals surface area contributed by atoms with Gasteiger partial charge in [-0.25, -0.2) is 0 Å². The first-order valence-electron chi connectivity index (χ1n) is 12.1. The summed E-state index contributed by atoms with van der Waals surface area (Å²) < 4.78 is 45.5. The van der Waals surface area contributed by atoms with E-state index < -0.39 is 22.4 Å². The number of nitro benzene ring substituents is 1. The molecule has 2 fully saturated rings. The fourth-order valence-corrected chi connectivity index (χ4v) is 4.81. The number of piperazine rings is 1. The number of hydrogen-bond acceptors (Lipinski definition) is 6. The minimum atomic E-state index is -4.84. The van der Waals surface area contributed by atoms with Crippen LogP contribution in [0.1, 0.15) is 31.2 Å². The normalized spacial score (nSPS) is 20.4. The summed E-state index contributed by atoms with van der Waals surface area (Å²) in [4.78, 5) is 38.2. The van der Waals surface area contributed by atoms with Gasteiger partial charge < -0.3 is 19.9 Å². The predicted octanol–water partition coefficient (Wildman–Crippen LogP) is 4.88. The first-order chi connectivity index (χ1) is 18.0. The van der Waals surface area contributed by atoms with Crippen molar-refractivity contribution in [2.24, 2.45) is 0 Å². The lowest BCUT2D eigenvalue weighted by Crippen LogP contribution is -2.53. The Morgan fingerprint density at radius 3 is 2.39 bits per heavy atom. The van der Waals surface area contributed by atoms with Crippen LogP contribution in [-0.4, -0.2) is 60.0 Å².